The Kier molecular flexibility index (Phi) is 5.05. The summed E-state index contributed by atoms with van der Waals surface area (Å²) in [6.07, 6.45) is -3.49. The largest absolute Gasteiger partial charge is 0.465 e. The van der Waals surface area contributed by atoms with Crippen LogP contribution in [0.5, 0.6) is 0 Å². The number of hydrogen-bond acceptors (Lipinski definition) is 3. The van der Waals surface area contributed by atoms with Gasteiger partial charge in [-0.2, -0.15) is 13.2 Å². The first kappa shape index (κ1) is 18.5. The Morgan fingerprint density at radius 3 is 2.15 bits per heavy atom. The van der Waals surface area contributed by atoms with Crippen LogP contribution in [0.1, 0.15) is 45.4 Å². The second-order valence-corrected chi connectivity index (χ2v) is 6.62. The fraction of sp³-hybridized carbons (Fsp3) is 0.350. The molecule has 2 unspecified atom stereocenters. The molecule has 6 heteroatoms. The van der Waals surface area contributed by atoms with Crippen LogP contribution in [0.3, 0.4) is 0 Å². The van der Waals surface area contributed by atoms with Crippen molar-refractivity contribution in [3.05, 3.63) is 70.8 Å². The third kappa shape index (κ3) is 3.75. The van der Waals surface area contributed by atoms with Gasteiger partial charge in [-0.05, 0) is 54.8 Å². The van der Waals surface area contributed by atoms with Crippen LogP contribution in [0.2, 0.25) is 0 Å². The molecule has 1 fully saturated rings. The summed E-state index contributed by atoms with van der Waals surface area (Å²) in [7, 11) is 3.35. The van der Waals surface area contributed by atoms with Crippen molar-refractivity contribution in [3.63, 3.8) is 0 Å². The lowest BCUT2D eigenvalue weighted by molar-refractivity contribution is -0.137. The normalized spacial score (nSPS) is 21.0. The van der Waals surface area contributed by atoms with Gasteiger partial charge in [-0.3, -0.25) is 4.90 Å². The number of hydrogen-bond donors (Lipinski definition) is 0. The third-order valence-corrected chi connectivity index (χ3v) is 4.97. The van der Waals surface area contributed by atoms with E-state index in [0.717, 1.165) is 36.2 Å². The number of carbonyl (C=O) groups excluding carboxylic acids is 1. The standard InChI is InChI=1S/C20H20F3NO2/c1-24-12-16(13-7-9-17(10-8-13)20(21,22)23)11-18(24)14-3-5-15(6-4-14)19(25)26-2/h3-10,16,18H,11-12H2,1-2H3. The molecule has 2 atom stereocenters. The van der Waals surface area contributed by atoms with E-state index in [4.69, 9.17) is 4.74 Å². The van der Waals surface area contributed by atoms with Gasteiger partial charge in [0.2, 0.25) is 0 Å². The summed E-state index contributed by atoms with van der Waals surface area (Å²) in [4.78, 5) is 13.7. The van der Waals surface area contributed by atoms with Crippen LogP contribution < -0.4 is 0 Å². The van der Waals surface area contributed by atoms with E-state index >= 15 is 0 Å². The number of alkyl halides is 3. The number of halogens is 3. The average Bonchev–Trinajstić information content (AvgIpc) is 3.02. The minimum atomic E-state index is -4.31. The van der Waals surface area contributed by atoms with Gasteiger partial charge in [0, 0.05) is 12.6 Å². The van der Waals surface area contributed by atoms with Gasteiger partial charge < -0.3 is 4.74 Å². The van der Waals surface area contributed by atoms with Crippen LogP contribution >= 0.6 is 0 Å². The quantitative estimate of drug-likeness (QED) is 0.744. The van der Waals surface area contributed by atoms with Crippen LogP contribution in [-0.4, -0.2) is 31.6 Å². The Morgan fingerprint density at radius 2 is 1.62 bits per heavy atom. The second kappa shape index (κ2) is 7.11. The number of rotatable bonds is 3. The summed E-state index contributed by atoms with van der Waals surface area (Å²) in [5.41, 5.74) is 1.87. The Bertz CT molecular complexity index is 769. The maximum atomic E-state index is 12.7. The number of nitrogens with zero attached hydrogens (tertiary/aromatic N) is 1. The molecule has 0 radical (unpaired) electrons. The SMILES string of the molecule is COC(=O)c1ccc(C2CC(c3ccc(C(F)(F)F)cc3)CN2C)cc1. The smallest absolute Gasteiger partial charge is 0.416 e. The first-order valence-electron chi connectivity index (χ1n) is 8.35. The van der Waals surface area contributed by atoms with E-state index in [9.17, 15) is 18.0 Å². The molecule has 0 aliphatic carbocycles. The number of methoxy groups -OCH3 is 1. The fourth-order valence-electron chi connectivity index (χ4n) is 3.53. The average molecular weight is 363 g/mol. The molecule has 1 heterocycles. The highest BCUT2D eigenvalue weighted by Gasteiger charge is 2.33. The Morgan fingerprint density at radius 1 is 1.04 bits per heavy atom. The predicted molar refractivity (Wildman–Crippen MR) is 92.0 cm³/mol. The molecular formula is C20H20F3NO2. The molecule has 0 N–H and O–H groups in total. The molecule has 3 rings (SSSR count). The summed E-state index contributed by atoms with van der Waals surface area (Å²) in [6, 6.07) is 12.9. The highest BCUT2D eigenvalue weighted by Crippen LogP contribution is 2.40. The first-order valence-corrected chi connectivity index (χ1v) is 8.35. The van der Waals surface area contributed by atoms with Gasteiger partial charge in [0.05, 0.1) is 18.2 Å². The maximum absolute atomic E-state index is 12.7. The molecule has 1 saturated heterocycles. The Labute approximate surface area is 150 Å². The minimum Gasteiger partial charge on any atom is -0.465 e. The molecule has 0 aromatic heterocycles. The van der Waals surface area contributed by atoms with Crippen LogP contribution in [0, 0.1) is 0 Å². The van der Waals surface area contributed by atoms with Crippen molar-refractivity contribution in [3.8, 4) is 0 Å². The van der Waals surface area contributed by atoms with E-state index in [-0.39, 0.29) is 17.9 Å². The molecule has 138 valence electrons. The van der Waals surface area contributed by atoms with Crippen LogP contribution in [0.15, 0.2) is 48.5 Å². The van der Waals surface area contributed by atoms with Crippen LogP contribution in [0.25, 0.3) is 0 Å². The van der Waals surface area contributed by atoms with Crippen LogP contribution in [0.4, 0.5) is 13.2 Å². The van der Waals surface area contributed by atoms with Gasteiger partial charge in [0.15, 0.2) is 0 Å². The van der Waals surface area contributed by atoms with E-state index in [0.29, 0.717) is 5.56 Å². The van der Waals surface area contributed by atoms with Crippen molar-refractivity contribution >= 4 is 5.97 Å². The summed E-state index contributed by atoms with van der Waals surface area (Å²) in [5.74, 6) is -0.202. The van der Waals surface area contributed by atoms with Gasteiger partial charge in [0.25, 0.3) is 0 Å². The number of likely N-dealkylation sites (tertiary alicyclic amines) is 1. The van der Waals surface area contributed by atoms with Gasteiger partial charge in [0.1, 0.15) is 0 Å². The van der Waals surface area contributed by atoms with Crippen molar-refractivity contribution in [1.29, 1.82) is 0 Å². The molecule has 2 aromatic carbocycles. The first-order chi connectivity index (χ1) is 12.3. The highest BCUT2D eigenvalue weighted by atomic mass is 19.4. The van der Waals surface area contributed by atoms with Crippen molar-refractivity contribution < 1.29 is 22.7 Å². The van der Waals surface area contributed by atoms with Gasteiger partial charge >= 0.3 is 12.1 Å². The molecule has 0 spiro atoms. The van der Waals surface area contributed by atoms with Crippen molar-refractivity contribution in [2.45, 2.75) is 24.6 Å². The van der Waals surface area contributed by atoms with E-state index < -0.39 is 11.7 Å². The zero-order valence-electron chi connectivity index (χ0n) is 14.6. The summed E-state index contributed by atoms with van der Waals surface area (Å²) < 4.78 is 42.9. The monoisotopic (exact) mass is 363 g/mol. The number of ether oxygens (including phenoxy) is 1. The predicted octanol–water partition coefficient (Wildman–Crippen LogP) is 4.65. The van der Waals surface area contributed by atoms with Crippen molar-refractivity contribution in [2.24, 2.45) is 0 Å². The maximum Gasteiger partial charge on any atom is 0.416 e. The van der Waals surface area contributed by atoms with Gasteiger partial charge in [-0.25, -0.2) is 4.79 Å². The Balaban J connectivity index is 1.74. The lowest BCUT2D eigenvalue weighted by atomic mass is 9.93. The number of benzene rings is 2. The molecule has 2 aromatic rings. The third-order valence-electron chi connectivity index (χ3n) is 4.97. The topological polar surface area (TPSA) is 29.5 Å². The molecule has 3 nitrogen and oxygen atoms in total. The Hall–Kier alpha value is -2.34. The minimum absolute atomic E-state index is 0.161. The molecule has 26 heavy (non-hydrogen) atoms. The van der Waals surface area contributed by atoms with E-state index in [1.54, 1.807) is 24.3 Å². The summed E-state index contributed by atoms with van der Waals surface area (Å²) in [6.45, 7) is 0.773. The molecule has 0 bridgehead atoms. The molecular weight excluding hydrogens is 343 g/mol. The van der Waals surface area contributed by atoms with Crippen molar-refractivity contribution in [2.75, 3.05) is 20.7 Å². The van der Waals surface area contributed by atoms with Crippen LogP contribution in [-0.2, 0) is 10.9 Å². The molecule has 0 amide bonds. The molecule has 0 saturated carbocycles. The van der Waals surface area contributed by atoms with E-state index in [1.807, 2.05) is 19.2 Å². The fourth-order valence-corrected chi connectivity index (χ4v) is 3.53. The number of carbonyl (C=O) groups is 1. The number of likely N-dealkylation sites (N-methyl/N-ethyl adjacent to an activating group) is 1. The molecule has 1 aliphatic rings. The summed E-state index contributed by atoms with van der Waals surface area (Å²) in [5, 5.41) is 0. The summed E-state index contributed by atoms with van der Waals surface area (Å²) >= 11 is 0. The second-order valence-electron chi connectivity index (χ2n) is 6.62. The van der Waals surface area contributed by atoms with Gasteiger partial charge in [-0.15, -0.1) is 0 Å². The van der Waals surface area contributed by atoms with E-state index in [2.05, 4.69) is 4.90 Å². The number of esters is 1. The zero-order valence-corrected chi connectivity index (χ0v) is 14.6. The highest BCUT2D eigenvalue weighted by molar-refractivity contribution is 5.89. The molecule has 1 aliphatic heterocycles. The zero-order chi connectivity index (χ0) is 18.9. The lowest BCUT2D eigenvalue weighted by Crippen LogP contribution is -2.18. The van der Waals surface area contributed by atoms with Gasteiger partial charge in [-0.1, -0.05) is 24.3 Å². The van der Waals surface area contributed by atoms with E-state index in [1.165, 1.54) is 7.11 Å². The lowest BCUT2D eigenvalue weighted by Gasteiger charge is -2.19. The van der Waals surface area contributed by atoms with Crippen molar-refractivity contribution in [1.82, 2.24) is 4.90 Å².